The molecule has 5 nitrogen and oxygen atoms in total. The third kappa shape index (κ3) is 4.81. The van der Waals surface area contributed by atoms with Crippen LogP contribution in [0.5, 0.6) is 0 Å². The van der Waals surface area contributed by atoms with Gasteiger partial charge in [-0.2, -0.15) is 0 Å². The molecule has 1 aromatic carbocycles. The molecule has 1 heterocycles. The van der Waals surface area contributed by atoms with Gasteiger partial charge < -0.3 is 10.6 Å². The van der Waals surface area contributed by atoms with Gasteiger partial charge in [0.2, 0.25) is 0 Å². The monoisotopic (exact) mass is 354 g/mol. The minimum absolute atomic E-state index is 0.211. The summed E-state index contributed by atoms with van der Waals surface area (Å²) in [5, 5.41) is 6.34. The van der Waals surface area contributed by atoms with E-state index >= 15 is 0 Å². The summed E-state index contributed by atoms with van der Waals surface area (Å²) >= 11 is 0. The maximum atomic E-state index is 12.9. The number of rotatable bonds is 6. The van der Waals surface area contributed by atoms with Gasteiger partial charge in [-0.05, 0) is 43.7 Å². The number of aromatic nitrogens is 2. The van der Waals surface area contributed by atoms with Crippen molar-refractivity contribution in [2.45, 2.75) is 66.3 Å². The molecule has 0 bridgehead atoms. The Morgan fingerprint density at radius 3 is 2.04 bits per heavy atom. The first-order chi connectivity index (χ1) is 12.2. The van der Waals surface area contributed by atoms with Crippen LogP contribution in [-0.4, -0.2) is 21.9 Å². The minimum atomic E-state index is -0.211. The Morgan fingerprint density at radius 1 is 0.962 bits per heavy atom. The number of benzene rings is 1. The van der Waals surface area contributed by atoms with Crippen LogP contribution in [0.3, 0.4) is 0 Å². The van der Waals surface area contributed by atoms with Crippen LogP contribution in [0, 0.1) is 6.92 Å². The predicted octanol–water partition coefficient (Wildman–Crippen LogP) is 5.10. The van der Waals surface area contributed by atoms with Gasteiger partial charge in [-0.3, -0.25) is 4.79 Å². The molecule has 0 radical (unpaired) electrons. The Balaban J connectivity index is 2.40. The number of hydrogen-bond donors (Lipinski definition) is 2. The summed E-state index contributed by atoms with van der Waals surface area (Å²) in [7, 11) is 0. The van der Waals surface area contributed by atoms with Crippen LogP contribution < -0.4 is 10.6 Å². The fourth-order valence-corrected chi connectivity index (χ4v) is 2.93. The molecule has 5 heteroatoms. The molecule has 0 unspecified atom stereocenters. The Hall–Kier alpha value is -2.43. The molecule has 2 N–H and O–H groups in total. The fraction of sp³-hybridized carbons (Fsp3) is 0.476. The molecule has 0 saturated carbocycles. The molecule has 2 rings (SSSR count). The highest BCUT2D eigenvalue weighted by atomic mass is 16.1. The van der Waals surface area contributed by atoms with E-state index in [9.17, 15) is 4.79 Å². The van der Waals surface area contributed by atoms with Crippen LogP contribution in [0.2, 0.25) is 0 Å². The zero-order valence-corrected chi connectivity index (χ0v) is 16.8. The molecule has 0 saturated heterocycles. The highest BCUT2D eigenvalue weighted by molar-refractivity contribution is 6.04. The number of hydrogen-bond acceptors (Lipinski definition) is 4. The lowest BCUT2D eigenvalue weighted by Gasteiger charge is -2.20. The predicted molar refractivity (Wildman–Crippen MR) is 108 cm³/mol. The van der Waals surface area contributed by atoms with E-state index in [4.69, 9.17) is 0 Å². The molecule has 1 amide bonds. The van der Waals surface area contributed by atoms with Crippen molar-refractivity contribution >= 4 is 17.4 Å². The van der Waals surface area contributed by atoms with E-state index in [2.05, 4.69) is 66.5 Å². The molecule has 26 heavy (non-hydrogen) atoms. The zero-order chi connectivity index (χ0) is 19.4. The number of carbonyl (C=O) groups is 1. The molecule has 1 aromatic heterocycles. The maximum Gasteiger partial charge on any atom is 0.274 e. The first-order valence-electron chi connectivity index (χ1n) is 9.25. The third-order valence-electron chi connectivity index (χ3n) is 4.12. The smallest absolute Gasteiger partial charge is 0.274 e. The highest BCUT2D eigenvalue weighted by Gasteiger charge is 2.18. The topological polar surface area (TPSA) is 66.9 Å². The summed E-state index contributed by atoms with van der Waals surface area (Å²) in [6, 6.07) is 8.14. The van der Waals surface area contributed by atoms with Crippen molar-refractivity contribution in [3.8, 4) is 0 Å². The van der Waals surface area contributed by atoms with Crippen LogP contribution in [-0.2, 0) is 0 Å². The Kier molecular flexibility index (Phi) is 6.35. The average Bonchev–Trinajstić information content (AvgIpc) is 2.53. The Labute approximate surface area is 156 Å². The molecule has 0 aliphatic carbocycles. The standard InChI is InChI=1S/C21H30N4O/c1-12(2)16-9-8-10-17(13(3)4)20(16)25-21(26)18-11-19(22-14(5)6)24-15(7)23-18/h8-14H,1-7H3,(H,25,26)(H,22,23,24). The molecule has 0 aliphatic rings. The molecule has 0 spiro atoms. The van der Waals surface area contributed by atoms with Gasteiger partial charge in [-0.1, -0.05) is 45.9 Å². The number of anilines is 2. The SMILES string of the molecule is Cc1nc(NC(C)C)cc(C(=O)Nc2c(C(C)C)cccc2C(C)C)n1. The molecule has 0 fully saturated rings. The first kappa shape index (κ1) is 19.9. The van der Waals surface area contributed by atoms with Crippen molar-refractivity contribution in [3.05, 3.63) is 46.9 Å². The van der Waals surface area contributed by atoms with Gasteiger partial charge in [-0.25, -0.2) is 9.97 Å². The average molecular weight is 354 g/mol. The van der Waals surface area contributed by atoms with Gasteiger partial charge in [0.25, 0.3) is 5.91 Å². The van der Waals surface area contributed by atoms with E-state index in [0.29, 0.717) is 29.2 Å². The Bertz CT molecular complexity index is 755. The van der Waals surface area contributed by atoms with Crippen molar-refractivity contribution in [3.63, 3.8) is 0 Å². The number of carbonyl (C=O) groups excluding carboxylic acids is 1. The van der Waals surface area contributed by atoms with Gasteiger partial charge in [-0.15, -0.1) is 0 Å². The number of para-hydroxylation sites is 1. The van der Waals surface area contributed by atoms with Crippen LogP contribution in [0.4, 0.5) is 11.5 Å². The lowest BCUT2D eigenvalue weighted by atomic mass is 9.92. The molecule has 2 aromatic rings. The summed E-state index contributed by atoms with van der Waals surface area (Å²) in [4.78, 5) is 21.6. The lowest BCUT2D eigenvalue weighted by Crippen LogP contribution is -2.19. The lowest BCUT2D eigenvalue weighted by molar-refractivity contribution is 0.102. The normalized spacial score (nSPS) is 11.3. The summed E-state index contributed by atoms with van der Waals surface area (Å²) < 4.78 is 0. The first-order valence-corrected chi connectivity index (χ1v) is 9.25. The van der Waals surface area contributed by atoms with Crippen LogP contribution >= 0.6 is 0 Å². The number of nitrogens with one attached hydrogen (secondary N) is 2. The van der Waals surface area contributed by atoms with E-state index in [1.54, 1.807) is 13.0 Å². The van der Waals surface area contributed by atoms with Crippen molar-refractivity contribution in [1.82, 2.24) is 9.97 Å². The largest absolute Gasteiger partial charge is 0.368 e. The minimum Gasteiger partial charge on any atom is -0.368 e. The van der Waals surface area contributed by atoms with E-state index < -0.39 is 0 Å². The van der Waals surface area contributed by atoms with Crippen LogP contribution in [0.15, 0.2) is 24.3 Å². The van der Waals surface area contributed by atoms with Crippen molar-refractivity contribution < 1.29 is 4.79 Å². The van der Waals surface area contributed by atoms with Crippen molar-refractivity contribution in [2.75, 3.05) is 10.6 Å². The summed E-state index contributed by atoms with van der Waals surface area (Å²) in [6.07, 6.45) is 0. The third-order valence-corrected chi connectivity index (χ3v) is 4.12. The fourth-order valence-electron chi connectivity index (χ4n) is 2.93. The summed E-state index contributed by atoms with van der Waals surface area (Å²) in [5.74, 6) is 1.65. The van der Waals surface area contributed by atoms with Gasteiger partial charge in [0.1, 0.15) is 17.3 Å². The molecule has 140 valence electrons. The maximum absolute atomic E-state index is 12.9. The zero-order valence-electron chi connectivity index (χ0n) is 16.8. The van der Waals surface area contributed by atoms with Gasteiger partial charge in [0.15, 0.2) is 0 Å². The Morgan fingerprint density at radius 2 is 1.54 bits per heavy atom. The highest BCUT2D eigenvalue weighted by Crippen LogP contribution is 2.32. The van der Waals surface area contributed by atoms with E-state index in [-0.39, 0.29) is 11.9 Å². The second kappa shape index (κ2) is 8.30. The van der Waals surface area contributed by atoms with Gasteiger partial charge in [0.05, 0.1) is 0 Å². The van der Waals surface area contributed by atoms with E-state index in [1.165, 1.54) is 0 Å². The molecular formula is C21H30N4O. The number of nitrogens with zero attached hydrogens (tertiary/aromatic N) is 2. The van der Waals surface area contributed by atoms with Crippen molar-refractivity contribution in [1.29, 1.82) is 0 Å². The van der Waals surface area contributed by atoms with Gasteiger partial charge in [0, 0.05) is 17.8 Å². The molecule has 0 atom stereocenters. The molecular weight excluding hydrogens is 324 g/mol. The number of aryl methyl sites for hydroxylation is 1. The van der Waals surface area contributed by atoms with Gasteiger partial charge >= 0.3 is 0 Å². The number of amides is 1. The summed E-state index contributed by atoms with van der Waals surface area (Å²) in [6.45, 7) is 14.4. The summed E-state index contributed by atoms with van der Waals surface area (Å²) in [5.41, 5.74) is 3.54. The van der Waals surface area contributed by atoms with E-state index in [1.807, 2.05) is 13.8 Å². The van der Waals surface area contributed by atoms with E-state index in [0.717, 1.165) is 16.8 Å². The van der Waals surface area contributed by atoms with Crippen LogP contribution in [0.25, 0.3) is 0 Å². The van der Waals surface area contributed by atoms with Crippen LogP contribution in [0.1, 0.15) is 80.8 Å². The second-order valence-electron chi connectivity index (χ2n) is 7.56. The quantitative estimate of drug-likeness (QED) is 0.757. The van der Waals surface area contributed by atoms with Crippen molar-refractivity contribution in [2.24, 2.45) is 0 Å². The second-order valence-corrected chi connectivity index (χ2v) is 7.56. The molecule has 0 aliphatic heterocycles.